The highest BCUT2D eigenvalue weighted by atomic mass is 16.2. The molecule has 0 unspecified atom stereocenters. The molecule has 0 spiro atoms. The molecule has 1 aromatic heterocycles. The van der Waals surface area contributed by atoms with Crippen molar-refractivity contribution < 1.29 is 4.79 Å². The van der Waals surface area contributed by atoms with Crippen LogP contribution >= 0.6 is 0 Å². The van der Waals surface area contributed by atoms with Gasteiger partial charge in [-0.25, -0.2) is 0 Å². The van der Waals surface area contributed by atoms with Crippen LogP contribution in [0.3, 0.4) is 0 Å². The Bertz CT molecular complexity index is 636. The number of hydrogen-bond acceptors (Lipinski definition) is 3. The first-order chi connectivity index (χ1) is 10.1. The van der Waals surface area contributed by atoms with Crippen molar-refractivity contribution in [2.45, 2.75) is 32.4 Å². The highest BCUT2D eigenvalue weighted by Crippen LogP contribution is 2.30. The minimum Gasteiger partial charge on any atom is -0.396 e. The second-order valence-corrected chi connectivity index (χ2v) is 5.72. The Kier molecular flexibility index (Phi) is 3.41. The standard InChI is InChI=1S/C16H20N4O/c1-11-3-5-12(6-4-11)10-20(13-7-8-13)16(21)15-14(17)9-18-19(15)2/h3-6,9,13H,7-8,10,17H2,1-2H3. The predicted octanol–water partition coefficient (Wildman–Crippen LogP) is 2.12. The molecule has 1 aromatic carbocycles. The van der Waals surface area contributed by atoms with Crippen molar-refractivity contribution >= 4 is 11.6 Å². The van der Waals surface area contributed by atoms with Gasteiger partial charge >= 0.3 is 0 Å². The van der Waals surface area contributed by atoms with Crippen molar-refractivity contribution in [3.63, 3.8) is 0 Å². The van der Waals surface area contributed by atoms with E-state index in [1.165, 1.54) is 11.8 Å². The van der Waals surface area contributed by atoms with Crippen LogP contribution in [0.1, 0.15) is 34.5 Å². The van der Waals surface area contributed by atoms with Crippen molar-refractivity contribution in [1.29, 1.82) is 0 Å². The van der Waals surface area contributed by atoms with E-state index in [2.05, 4.69) is 36.3 Å². The third-order valence-electron chi connectivity index (χ3n) is 3.89. The van der Waals surface area contributed by atoms with Gasteiger partial charge in [0.25, 0.3) is 5.91 Å². The Morgan fingerprint density at radius 2 is 2.05 bits per heavy atom. The quantitative estimate of drug-likeness (QED) is 0.935. The number of nitrogens with two attached hydrogens (primary N) is 1. The summed E-state index contributed by atoms with van der Waals surface area (Å²) in [6.45, 7) is 2.68. The largest absolute Gasteiger partial charge is 0.396 e. The molecule has 1 fully saturated rings. The van der Waals surface area contributed by atoms with Crippen molar-refractivity contribution in [3.8, 4) is 0 Å². The third kappa shape index (κ3) is 2.77. The van der Waals surface area contributed by atoms with Crippen molar-refractivity contribution in [1.82, 2.24) is 14.7 Å². The van der Waals surface area contributed by atoms with Gasteiger partial charge in [-0.15, -0.1) is 0 Å². The third-order valence-corrected chi connectivity index (χ3v) is 3.89. The van der Waals surface area contributed by atoms with Gasteiger partial charge in [0, 0.05) is 19.6 Å². The van der Waals surface area contributed by atoms with Gasteiger partial charge in [-0.3, -0.25) is 9.48 Å². The van der Waals surface area contributed by atoms with Crippen LogP contribution in [-0.4, -0.2) is 26.6 Å². The average molecular weight is 284 g/mol. The number of nitrogens with zero attached hydrogens (tertiary/aromatic N) is 3. The maximum atomic E-state index is 12.8. The molecule has 1 aliphatic carbocycles. The van der Waals surface area contributed by atoms with E-state index in [4.69, 9.17) is 5.73 Å². The summed E-state index contributed by atoms with van der Waals surface area (Å²) < 4.78 is 1.56. The van der Waals surface area contributed by atoms with Gasteiger partial charge < -0.3 is 10.6 Å². The molecule has 21 heavy (non-hydrogen) atoms. The van der Waals surface area contributed by atoms with E-state index in [0.717, 1.165) is 18.4 Å². The highest BCUT2D eigenvalue weighted by molar-refractivity contribution is 5.97. The Hall–Kier alpha value is -2.30. The Morgan fingerprint density at radius 1 is 1.38 bits per heavy atom. The first kappa shape index (κ1) is 13.7. The normalized spacial score (nSPS) is 14.2. The zero-order valence-electron chi connectivity index (χ0n) is 12.4. The van der Waals surface area contributed by atoms with E-state index in [1.807, 2.05) is 4.90 Å². The Balaban J connectivity index is 1.85. The number of nitrogen functional groups attached to an aromatic ring is 1. The summed E-state index contributed by atoms with van der Waals surface area (Å²) in [4.78, 5) is 14.7. The zero-order valence-corrected chi connectivity index (χ0v) is 12.4. The number of anilines is 1. The predicted molar refractivity (Wildman–Crippen MR) is 81.7 cm³/mol. The lowest BCUT2D eigenvalue weighted by Crippen LogP contribution is -2.34. The van der Waals surface area contributed by atoms with Gasteiger partial charge in [-0.1, -0.05) is 29.8 Å². The van der Waals surface area contributed by atoms with Crippen LogP contribution in [0, 0.1) is 6.92 Å². The number of carbonyl (C=O) groups is 1. The molecule has 3 rings (SSSR count). The molecule has 1 heterocycles. The van der Waals surface area contributed by atoms with Crippen molar-refractivity contribution in [2.24, 2.45) is 7.05 Å². The number of rotatable bonds is 4. The molecule has 5 nitrogen and oxygen atoms in total. The number of aromatic nitrogens is 2. The maximum absolute atomic E-state index is 12.8. The van der Waals surface area contributed by atoms with Crippen LogP contribution in [-0.2, 0) is 13.6 Å². The second kappa shape index (κ2) is 5.24. The van der Waals surface area contributed by atoms with Crippen LogP contribution in [0.5, 0.6) is 0 Å². The van der Waals surface area contributed by atoms with Gasteiger partial charge in [0.15, 0.2) is 0 Å². The first-order valence-corrected chi connectivity index (χ1v) is 7.20. The molecule has 0 radical (unpaired) electrons. The molecule has 0 atom stereocenters. The van der Waals surface area contributed by atoms with Gasteiger partial charge in [0.2, 0.25) is 0 Å². The molecule has 1 aliphatic rings. The van der Waals surface area contributed by atoms with E-state index in [-0.39, 0.29) is 5.91 Å². The minimum absolute atomic E-state index is 0.0319. The molecule has 0 bridgehead atoms. The van der Waals surface area contributed by atoms with Crippen LogP contribution in [0.2, 0.25) is 0 Å². The number of carbonyl (C=O) groups excluding carboxylic acids is 1. The van der Waals surface area contributed by atoms with Crippen LogP contribution in [0.4, 0.5) is 5.69 Å². The van der Waals surface area contributed by atoms with Gasteiger partial charge in [-0.2, -0.15) is 5.10 Å². The summed E-state index contributed by atoms with van der Waals surface area (Å²) in [5.41, 5.74) is 9.17. The number of hydrogen-bond donors (Lipinski definition) is 1. The van der Waals surface area contributed by atoms with Crippen molar-refractivity contribution in [3.05, 3.63) is 47.3 Å². The lowest BCUT2D eigenvalue weighted by molar-refractivity contribution is 0.0720. The van der Waals surface area contributed by atoms with E-state index in [0.29, 0.717) is 24.0 Å². The van der Waals surface area contributed by atoms with Crippen LogP contribution in [0.25, 0.3) is 0 Å². The molecule has 1 amide bonds. The van der Waals surface area contributed by atoms with E-state index >= 15 is 0 Å². The van der Waals surface area contributed by atoms with Crippen LogP contribution in [0.15, 0.2) is 30.5 Å². The maximum Gasteiger partial charge on any atom is 0.274 e. The monoisotopic (exact) mass is 284 g/mol. The minimum atomic E-state index is -0.0319. The van der Waals surface area contributed by atoms with Gasteiger partial charge in [0.1, 0.15) is 5.69 Å². The molecule has 5 heteroatoms. The molecular weight excluding hydrogens is 264 g/mol. The van der Waals surface area contributed by atoms with Gasteiger partial charge in [0.05, 0.1) is 11.9 Å². The molecule has 110 valence electrons. The lowest BCUT2D eigenvalue weighted by atomic mass is 10.1. The van der Waals surface area contributed by atoms with E-state index in [1.54, 1.807) is 11.7 Å². The molecular formula is C16H20N4O. The SMILES string of the molecule is Cc1ccc(CN(C(=O)c2c(N)cnn2C)C2CC2)cc1. The number of amides is 1. The highest BCUT2D eigenvalue weighted by Gasteiger charge is 2.34. The fraction of sp³-hybridized carbons (Fsp3) is 0.375. The molecule has 2 N–H and O–H groups in total. The smallest absolute Gasteiger partial charge is 0.274 e. The number of benzene rings is 1. The topological polar surface area (TPSA) is 64.2 Å². The summed E-state index contributed by atoms with van der Waals surface area (Å²) in [5, 5.41) is 4.06. The molecule has 0 saturated heterocycles. The molecule has 0 aliphatic heterocycles. The molecule has 1 saturated carbocycles. The summed E-state index contributed by atoms with van der Waals surface area (Å²) >= 11 is 0. The fourth-order valence-electron chi connectivity index (χ4n) is 2.50. The zero-order chi connectivity index (χ0) is 15.0. The summed E-state index contributed by atoms with van der Waals surface area (Å²) in [6.07, 6.45) is 3.66. The number of aryl methyl sites for hydroxylation is 2. The van der Waals surface area contributed by atoms with Gasteiger partial charge in [-0.05, 0) is 25.3 Å². The lowest BCUT2D eigenvalue weighted by Gasteiger charge is -2.23. The Morgan fingerprint density at radius 3 is 2.57 bits per heavy atom. The fourth-order valence-corrected chi connectivity index (χ4v) is 2.50. The van der Waals surface area contributed by atoms with Crippen LogP contribution < -0.4 is 5.73 Å². The van der Waals surface area contributed by atoms with E-state index < -0.39 is 0 Å². The molecule has 2 aromatic rings. The Labute approximate surface area is 124 Å². The average Bonchev–Trinajstić information content (AvgIpc) is 3.24. The summed E-state index contributed by atoms with van der Waals surface area (Å²) in [6, 6.07) is 8.62. The summed E-state index contributed by atoms with van der Waals surface area (Å²) in [5.74, 6) is -0.0319. The first-order valence-electron chi connectivity index (χ1n) is 7.20. The van der Waals surface area contributed by atoms with Crippen molar-refractivity contribution in [2.75, 3.05) is 5.73 Å². The summed E-state index contributed by atoms with van der Waals surface area (Å²) in [7, 11) is 1.75. The van der Waals surface area contributed by atoms with E-state index in [9.17, 15) is 4.79 Å². The second-order valence-electron chi connectivity index (χ2n) is 5.72.